The second-order valence-corrected chi connectivity index (χ2v) is 5.39. The van der Waals surface area contributed by atoms with E-state index in [0.29, 0.717) is 12.3 Å². The second kappa shape index (κ2) is 5.67. The zero-order valence-electron chi connectivity index (χ0n) is 10.5. The molecule has 98 valence electrons. The molecular weight excluding hydrogens is 296 g/mol. The summed E-state index contributed by atoms with van der Waals surface area (Å²) in [5, 5.41) is 12.5. The van der Waals surface area contributed by atoms with E-state index in [1.807, 2.05) is 16.8 Å². The fourth-order valence-corrected chi connectivity index (χ4v) is 2.28. The Balaban J connectivity index is 2.32. The van der Waals surface area contributed by atoms with Crippen molar-refractivity contribution < 1.29 is 5.11 Å². The van der Waals surface area contributed by atoms with Gasteiger partial charge < -0.3 is 14.8 Å². The van der Waals surface area contributed by atoms with Gasteiger partial charge in [0.1, 0.15) is 4.60 Å². The number of aliphatic hydroxyl groups is 1. The zero-order chi connectivity index (χ0) is 13.1. The highest BCUT2D eigenvalue weighted by atomic mass is 79.9. The van der Waals surface area contributed by atoms with E-state index in [-0.39, 0.29) is 12.6 Å². The van der Waals surface area contributed by atoms with Gasteiger partial charge in [-0.05, 0) is 28.3 Å². The highest BCUT2D eigenvalue weighted by molar-refractivity contribution is 9.10. The molecule has 1 atom stereocenters. The number of halogens is 1. The van der Waals surface area contributed by atoms with Crippen LogP contribution in [0, 0.1) is 5.92 Å². The molecule has 0 radical (unpaired) electrons. The number of nitrogens with zero attached hydrogens (tertiary/aromatic N) is 3. The van der Waals surface area contributed by atoms with Crippen LogP contribution >= 0.6 is 15.9 Å². The molecule has 18 heavy (non-hydrogen) atoms. The highest BCUT2D eigenvalue weighted by Crippen LogP contribution is 2.20. The molecule has 0 spiro atoms. The fraction of sp³-hybridized carbons (Fsp3) is 0.500. The predicted octanol–water partition coefficient (Wildman–Crippen LogP) is 2.31. The van der Waals surface area contributed by atoms with E-state index < -0.39 is 0 Å². The lowest BCUT2D eigenvalue weighted by atomic mass is 10.0. The number of fused-ring (bicyclic) bond motifs is 1. The maximum Gasteiger partial charge on any atom is 0.180 e. The summed E-state index contributed by atoms with van der Waals surface area (Å²) in [4.78, 5) is 8.71. The first-order valence-electron chi connectivity index (χ1n) is 5.98. The van der Waals surface area contributed by atoms with Crippen LogP contribution in [0.25, 0.3) is 5.65 Å². The smallest absolute Gasteiger partial charge is 0.180 e. The molecule has 0 fully saturated rings. The fourth-order valence-electron chi connectivity index (χ4n) is 1.88. The summed E-state index contributed by atoms with van der Waals surface area (Å²) in [6.07, 6.45) is 6.18. The van der Waals surface area contributed by atoms with Gasteiger partial charge in [0.25, 0.3) is 0 Å². The van der Waals surface area contributed by atoms with Crippen molar-refractivity contribution in [3.8, 4) is 0 Å². The van der Waals surface area contributed by atoms with Gasteiger partial charge in [0.2, 0.25) is 0 Å². The van der Waals surface area contributed by atoms with Gasteiger partial charge in [0.05, 0.1) is 0 Å². The third-order valence-corrected chi connectivity index (χ3v) is 3.29. The summed E-state index contributed by atoms with van der Waals surface area (Å²) in [7, 11) is 0. The van der Waals surface area contributed by atoms with Gasteiger partial charge in [-0.1, -0.05) is 13.8 Å². The quantitative estimate of drug-likeness (QED) is 0.889. The molecule has 2 rings (SSSR count). The van der Waals surface area contributed by atoms with Gasteiger partial charge in [-0.2, -0.15) is 0 Å². The molecule has 0 aliphatic rings. The largest absolute Gasteiger partial charge is 0.396 e. The summed E-state index contributed by atoms with van der Waals surface area (Å²) >= 11 is 3.38. The lowest BCUT2D eigenvalue weighted by Gasteiger charge is -2.22. The van der Waals surface area contributed by atoms with Gasteiger partial charge in [0, 0.05) is 31.2 Å². The van der Waals surface area contributed by atoms with E-state index in [1.165, 1.54) is 0 Å². The first kappa shape index (κ1) is 13.3. The number of rotatable bonds is 5. The van der Waals surface area contributed by atoms with Crippen molar-refractivity contribution in [1.29, 1.82) is 0 Å². The summed E-state index contributed by atoms with van der Waals surface area (Å²) in [6.45, 7) is 4.40. The molecule has 0 aliphatic carbocycles. The Morgan fingerprint density at radius 3 is 2.94 bits per heavy atom. The van der Waals surface area contributed by atoms with Crippen LogP contribution in [0.2, 0.25) is 0 Å². The first-order chi connectivity index (χ1) is 8.61. The molecule has 2 aromatic heterocycles. The summed E-state index contributed by atoms with van der Waals surface area (Å²) in [5.74, 6) is 1.15. The third-order valence-electron chi connectivity index (χ3n) is 2.91. The van der Waals surface area contributed by atoms with Crippen molar-refractivity contribution in [3.63, 3.8) is 0 Å². The first-order valence-corrected chi connectivity index (χ1v) is 6.77. The Hall–Kier alpha value is -1.14. The van der Waals surface area contributed by atoms with Crippen LogP contribution in [0.4, 0.5) is 5.82 Å². The van der Waals surface area contributed by atoms with E-state index in [4.69, 9.17) is 5.11 Å². The zero-order valence-corrected chi connectivity index (χ0v) is 12.1. The van der Waals surface area contributed by atoms with Crippen LogP contribution in [0.3, 0.4) is 0 Å². The Morgan fingerprint density at radius 1 is 1.50 bits per heavy atom. The van der Waals surface area contributed by atoms with Crippen LogP contribution in [0.15, 0.2) is 23.2 Å². The van der Waals surface area contributed by atoms with Crippen molar-refractivity contribution >= 4 is 27.4 Å². The molecule has 0 saturated heterocycles. The predicted molar refractivity (Wildman–Crippen MR) is 74.6 cm³/mol. The maximum absolute atomic E-state index is 9.10. The Kier molecular flexibility index (Phi) is 4.19. The Bertz CT molecular complexity index is 526. The van der Waals surface area contributed by atoms with Crippen LogP contribution in [-0.4, -0.2) is 32.1 Å². The monoisotopic (exact) mass is 312 g/mol. The maximum atomic E-state index is 9.10. The molecule has 2 aromatic rings. The van der Waals surface area contributed by atoms with Gasteiger partial charge in [-0.25, -0.2) is 9.97 Å². The van der Waals surface area contributed by atoms with Crippen LogP contribution in [0.5, 0.6) is 0 Å². The van der Waals surface area contributed by atoms with E-state index in [0.717, 1.165) is 16.1 Å². The molecular formula is C12H17BrN4O. The summed E-state index contributed by atoms with van der Waals surface area (Å²) < 4.78 is 2.66. The molecule has 0 aromatic carbocycles. The van der Waals surface area contributed by atoms with Gasteiger partial charge in [-0.15, -0.1) is 0 Å². The number of aromatic nitrogens is 3. The molecule has 2 N–H and O–H groups in total. The topological polar surface area (TPSA) is 62.5 Å². The average molecular weight is 313 g/mol. The van der Waals surface area contributed by atoms with Crippen LogP contribution in [0.1, 0.15) is 20.3 Å². The van der Waals surface area contributed by atoms with Crippen molar-refractivity contribution in [2.45, 2.75) is 26.3 Å². The third kappa shape index (κ3) is 2.81. The van der Waals surface area contributed by atoms with E-state index >= 15 is 0 Å². The lowest BCUT2D eigenvalue weighted by Crippen LogP contribution is -2.27. The molecule has 0 bridgehead atoms. The summed E-state index contributed by atoms with van der Waals surface area (Å²) in [5.41, 5.74) is 0.793. The minimum absolute atomic E-state index is 0.161. The minimum atomic E-state index is 0.161. The number of anilines is 1. The molecule has 0 amide bonds. The number of nitrogens with one attached hydrogen (secondary N) is 1. The Labute approximate surface area is 114 Å². The van der Waals surface area contributed by atoms with Crippen molar-refractivity contribution in [2.24, 2.45) is 5.92 Å². The van der Waals surface area contributed by atoms with Crippen molar-refractivity contribution in [3.05, 3.63) is 23.2 Å². The van der Waals surface area contributed by atoms with E-state index in [1.54, 1.807) is 6.20 Å². The molecule has 0 saturated carbocycles. The lowest BCUT2D eigenvalue weighted by molar-refractivity contribution is 0.267. The minimum Gasteiger partial charge on any atom is -0.396 e. The SMILES string of the molecule is CC(C)C(CCO)Nc1nc(Br)cn2ccnc12. The van der Waals surface area contributed by atoms with Crippen LogP contribution < -0.4 is 5.32 Å². The van der Waals surface area contributed by atoms with Gasteiger partial charge in [-0.3, -0.25) is 0 Å². The number of imidazole rings is 1. The molecule has 1 unspecified atom stereocenters. The van der Waals surface area contributed by atoms with Crippen LogP contribution in [-0.2, 0) is 0 Å². The average Bonchev–Trinajstić information content (AvgIpc) is 2.76. The molecule has 2 heterocycles. The van der Waals surface area contributed by atoms with Gasteiger partial charge >= 0.3 is 0 Å². The van der Waals surface area contributed by atoms with Crippen molar-refractivity contribution in [2.75, 3.05) is 11.9 Å². The normalized spacial score (nSPS) is 13.2. The molecule has 5 nitrogen and oxygen atoms in total. The number of hydrogen-bond acceptors (Lipinski definition) is 4. The van der Waals surface area contributed by atoms with Gasteiger partial charge in [0.15, 0.2) is 11.5 Å². The molecule has 0 aliphatic heterocycles. The standard InChI is InChI=1S/C12H17BrN4O/c1-8(2)9(3-6-18)15-11-12-14-4-5-17(12)7-10(13)16-11/h4-5,7-9,18H,3,6H2,1-2H3,(H,15,16). The molecule has 6 heteroatoms. The number of hydrogen-bond donors (Lipinski definition) is 2. The van der Waals surface area contributed by atoms with E-state index in [2.05, 4.69) is 45.1 Å². The summed E-state index contributed by atoms with van der Waals surface area (Å²) in [6, 6.07) is 0.178. The highest BCUT2D eigenvalue weighted by Gasteiger charge is 2.15. The Morgan fingerprint density at radius 2 is 2.28 bits per heavy atom. The second-order valence-electron chi connectivity index (χ2n) is 4.58. The number of aliphatic hydroxyl groups excluding tert-OH is 1. The van der Waals surface area contributed by atoms with E-state index in [9.17, 15) is 0 Å². The van der Waals surface area contributed by atoms with Crippen molar-refractivity contribution in [1.82, 2.24) is 14.4 Å².